The number of thioether (sulfide) groups is 1. The molecule has 2 bridgehead atoms. The number of benzene rings is 1. The van der Waals surface area contributed by atoms with E-state index in [4.69, 9.17) is 19.1 Å². The predicted molar refractivity (Wildman–Crippen MR) is 133 cm³/mol. The highest BCUT2D eigenvalue weighted by atomic mass is 32.2. The van der Waals surface area contributed by atoms with E-state index in [2.05, 4.69) is 15.6 Å². The molecule has 5 rings (SSSR count). The van der Waals surface area contributed by atoms with Gasteiger partial charge in [-0.25, -0.2) is 14.8 Å². The lowest BCUT2D eigenvalue weighted by Gasteiger charge is -2.39. The average molecular weight is 483 g/mol. The maximum atomic E-state index is 12.8. The van der Waals surface area contributed by atoms with Crippen LogP contribution in [-0.2, 0) is 4.74 Å². The highest BCUT2D eigenvalue weighted by Gasteiger charge is 2.45. The van der Waals surface area contributed by atoms with Crippen molar-refractivity contribution in [1.82, 2.24) is 19.9 Å². The van der Waals surface area contributed by atoms with Gasteiger partial charge in [0.1, 0.15) is 11.4 Å². The summed E-state index contributed by atoms with van der Waals surface area (Å²) in [5.74, 6) is 1.18. The smallest absolute Gasteiger partial charge is 0.410 e. The molecule has 9 nitrogen and oxygen atoms in total. The lowest BCUT2D eigenvalue weighted by Crippen LogP contribution is -2.51. The number of fused-ring (bicyclic) bond motifs is 3. The molecule has 1 aromatic carbocycles. The lowest BCUT2D eigenvalue weighted by molar-refractivity contribution is 0.00682. The molecule has 2 atom stereocenters. The summed E-state index contributed by atoms with van der Waals surface area (Å²) in [5.41, 5.74) is 0.334. The van der Waals surface area contributed by atoms with E-state index in [0.29, 0.717) is 17.8 Å². The molecule has 0 aliphatic carbocycles. The second kappa shape index (κ2) is 8.98. The summed E-state index contributed by atoms with van der Waals surface area (Å²) in [6, 6.07) is 8.75. The minimum atomic E-state index is -0.493. The van der Waals surface area contributed by atoms with Crippen molar-refractivity contribution in [2.75, 3.05) is 16.9 Å². The number of hydrogen-bond donors (Lipinski definition) is 2. The average Bonchev–Trinajstić information content (AvgIpc) is 3.34. The topological polar surface area (TPSA) is 105 Å². The van der Waals surface area contributed by atoms with Gasteiger partial charge in [0, 0.05) is 23.5 Å². The van der Waals surface area contributed by atoms with Crippen LogP contribution >= 0.6 is 11.8 Å². The van der Waals surface area contributed by atoms with E-state index < -0.39 is 5.60 Å². The Hall–Kier alpha value is -3.01. The number of nitrogens with one attached hydrogen (secondary N) is 2. The number of ether oxygens (including phenoxy) is 1. The van der Waals surface area contributed by atoms with E-state index in [9.17, 15) is 4.79 Å². The summed E-state index contributed by atoms with van der Waals surface area (Å²) < 4.78 is 11.4. The number of aromatic nitrogens is 3. The minimum Gasteiger partial charge on any atom is -0.444 e. The molecule has 0 radical (unpaired) electrons. The molecule has 2 saturated heterocycles. The van der Waals surface area contributed by atoms with E-state index in [1.54, 1.807) is 6.20 Å². The van der Waals surface area contributed by atoms with Crippen LogP contribution in [0.5, 0.6) is 0 Å². The molecule has 2 fully saturated rings. The molecule has 0 spiro atoms. The van der Waals surface area contributed by atoms with Gasteiger partial charge in [0.2, 0.25) is 5.95 Å². The van der Waals surface area contributed by atoms with E-state index >= 15 is 0 Å². The van der Waals surface area contributed by atoms with Crippen molar-refractivity contribution in [2.45, 2.75) is 75.3 Å². The summed E-state index contributed by atoms with van der Waals surface area (Å²) in [7, 11) is 0. The van der Waals surface area contributed by atoms with E-state index in [-0.39, 0.29) is 24.2 Å². The number of piperidine rings is 1. The van der Waals surface area contributed by atoms with Crippen molar-refractivity contribution in [2.24, 2.45) is 0 Å². The first-order chi connectivity index (χ1) is 16.3. The van der Waals surface area contributed by atoms with Gasteiger partial charge in [-0.05, 0) is 64.8 Å². The summed E-state index contributed by atoms with van der Waals surface area (Å²) >= 11 is 1.49. The van der Waals surface area contributed by atoms with Crippen molar-refractivity contribution in [3.8, 4) is 0 Å². The van der Waals surface area contributed by atoms with Crippen molar-refractivity contribution < 1.29 is 13.9 Å². The molecule has 0 saturated carbocycles. The molecule has 180 valence electrons. The Labute approximate surface area is 203 Å². The van der Waals surface area contributed by atoms with Crippen LogP contribution in [0.15, 0.2) is 40.0 Å². The highest BCUT2D eigenvalue weighted by Crippen LogP contribution is 2.38. The number of carbonyl (C=O) groups excluding carboxylic acids is 1. The Morgan fingerprint density at radius 2 is 1.91 bits per heavy atom. The number of anilines is 3. The second-order valence-corrected chi connectivity index (χ2v) is 10.6. The number of nitrogens with zero attached hydrogens (tertiary/aromatic N) is 4. The summed E-state index contributed by atoms with van der Waals surface area (Å²) in [6.45, 7) is 5.72. The van der Waals surface area contributed by atoms with Gasteiger partial charge in [-0.2, -0.15) is 4.98 Å². The number of rotatable bonds is 5. The largest absolute Gasteiger partial charge is 0.444 e. The Bertz CT molecular complexity index is 1180. The van der Waals surface area contributed by atoms with Crippen LogP contribution in [0.3, 0.4) is 0 Å². The first-order valence-corrected chi connectivity index (χ1v) is 12.8. The Balaban J connectivity index is 1.34. The Kier molecular flexibility index (Phi) is 6.01. The van der Waals surface area contributed by atoms with Gasteiger partial charge >= 0.3 is 12.1 Å². The third-order valence-corrected chi connectivity index (χ3v) is 6.78. The van der Waals surface area contributed by atoms with Crippen molar-refractivity contribution in [3.63, 3.8) is 0 Å². The SMILES string of the molecule is CSc1cnc(Nc2nc(NC3CC4CCC(C3)N4C(=O)OC(C)(C)C)nc3ccccc23)o1. The number of oxazole rings is 1. The van der Waals surface area contributed by atoms with Crippen LogP contribution < -0.4 is 10.6 Å². The van der Waals surface area contributed by atoms with Gasteiger partial charge in [0.25, 0.3) is 0 Å². The fraction of sp³-hybridized carbons (Fsp3) is 0.500. The Morgan fingerprint density at radius 3 is 2.59 bits per heavy atom. The molecule has 4 heterocycles. The van der Waals surface area contributed by atoms with Crippen LogP contribution in [0.1, 0.15) is 46.5 Å². The summed E-state index contributed by atoms with van der Waals surface area (Å²) in [4.78, 5) is 28.5. The number of carbonyl (C=O) groups is 1. The Morgan fingerprint density at radius 1 is 1.18 bits per heavy atom. The van der Waals surface area contributed by atoms with E-state index in [1.807, 2.05) is 56.2 Å². The molecule has 34 heavy (non-hydrogen) atoms. The molecule has 2 N–H and O–H groups in total. The number of amides is 1. The van der Waals surface area contributed by atoms with Gasteiger partial charge in [-0.15, -0.1) is 0 Å². The zero-order valence-electron chi connectivity index (χ0n) is 19.9. The zero-order valence-corrected chi connectivity index (χ0v) is 20.7. The highest BCUT2D eigenvalue weighted by molar-refractivity contribution is 7.98. The monoisotopic (exact) mass is 482 g/mol. The predicted octanol–water partition coefficient (Wildman–Crippen LogP) is 5.43. The van der Waals surface area contributed by atoms with Crippen LogP contribution in [-0.4, -0.2) is 55.9 Å². The third kappa shape index (κ3) is 4.77. The molecule has 3 aromatic rings. The first-order valence-electron chi connectivity index (χ1n) is 11.6. The molecule has 2 aromatic heterocycles. The number of hydrogen-bond acceptors (Lipinski definition) is 9. The summed E-state index contributed by atoms with van der Waals surface area (Å²) in [5, 5.41) is 8.34. The summed E-state index contributed by atoms with van der Waals surface area (Å²) in [6.07, 6.45) is 7.08. The van der Waals surface area contributed by atoms with E-state index in [0.717, 1.165) is 41.7 Å². The van der Waals surface area contributed by atoms with Crippen molar-refractivity contribution >= 4 is 46.5 Å². The second-order valence-electron chi connectivity index (χ2n) is 9.81. The fourth-order valence-corrected chi connectivity index (χ4v) is 5.16. The maximum Gasteiger partial charge on any atom is 0.410 e. The van der Waals surface area contributed by atoms with Gasteiger partial charge in [-0.3, -0.25) is 5.32 Å². The van der Waals surface area contributed by atoms with Crippen LogP contribution in [0.2, 0.25) is 0 Å². The molecule has 2 aliphatic rings. The molecule has 2 unspecified atom stereocenters. The minimum absolute atomic E-state index is 0.168. The van der Waals surface area contributed by atoms with Crippen LogP contribution in [0.25, 0.3) is 10.9 Å². The normalized spacial score (nSPS) is 22.1. The standard InChI is InChI=1S/C24H30N6O3S/c1-24(2,3)33-23(31)30-15-9-10-16(30)12-14(11-15)26-21-27-18-8-6-5-7-17(18)20(28-21)29-22-25-13-19(32-22)34-4/h5-8,13-16H,9-12H2,1-4H3,(H2,25,26,27,28,29). The molecule has 10 heteroatoms. The quantitative estimate of drug-likeness (QED) is 0.461. The lowest BCUT2D eigenvalue weighted by atomic mass is 9.98. The van der Waals surface area contributed by atoms with Crippen molar-refractivity contribution in [1.29, 1.82) is 0 Å². The molecular weight excluding hydrogens is 452 g/mol. The third-order valence-electron chi connectivity index (χ3n) is 6.18. The molecule has 1 amide bonds. The van der Waals surface area contributed by atoms with Crippen molar-refractivity contribution in [3.05, 3.63) is 30.5 Å². The molecular formula is C24H30N6O3S. The van der Waals surface area contributed by atoms with Crippen LogP contribution in [0, 0.1) is 0 Å². The number of para-hydroxylation sites is 1. The van der Waals surface area contributed by atoms with Gasteiger partial charge in [-0.1, -0.05) is 23.9 Å². The van der Waals surface area contributed by atoms with Gasteiger partial charge < -0.3 is 19.4 Å². The van der Waals surface area contributed by atoms with Gasteiger partial charge in [0.15, 0.2) is 5.09 Å². The van der Waals surface area contributed by atoms with Crippen LogP contribution in [0.4, 0.5) is 22.6 Å². The van der Waals surface area contributed by atoms with Gasteiger partial charge in [0.05, 0.1) is 11.7 Å². The first kappa shape index (κ1) is 22.8. The van der Waals surface area contributed by atoms with E-state index in [1.165, 1.54) is 11.8 Å². The molecule has 2 aliphatic heterocycles. The fourth-order valence-electron chi connectivity index (χ4n) is 4.84. The zero-order chi connectivity index (χ0) is 23.9. The maximum absolute atomic E-state index is 12.8.